The second-order valence-electron chi connectivity index (χ2n) is 7.27. The van der Waals surface area contributed by atoms with Crippen molar-refractivity contribution in [1.82, 2.24) is 19.9 Å². The van der Waals surface area contributed by atoms with Gasteiger partial charge in [-0.3, -0.25) is 4.79 Å². The summed E-state index contributed by atoms with van der Waals surface area (Å²) in [6.07, 6.45) is 1.24. The summed E-state index contributed by atoms with van der Waals surface area (Å²) in [5.74, 6) is -0.0741. The average molecular weight is 391 g/mol. The number of amides is 1. The zero-order valence-corrected chi connectivity index (χ0v) is 17.1. The van der Waals surface area contributed by atoms with Crippen LogP contribution < -0.4 is 0 Å². The number of carbonyl (C=O) groups excluding carboxylic acids is 1. The lowest BCUT2D eigenvalue weighted by Crippen LogP contribution is -2.42. The van der Waals surface area contributed by atoms with Crippen LogP contribution in [0.1, 0.15) is 47.1 Å². The van der Waals surface area contributed by atoms with E-state index in [4.69, 9.17) is 0 Å². The monoisotopic (exact) mass is 390 g/mol. The predicted octanol–water partition coefficient (Wildman–Crippen LogP) is 2.23. The molecule has 0 bridgehead atoms. The summed E-state index contributed by atoms with van der Waals surface area (Å²) in [5, 5.41) is 8.88. The molecular weight excluding hydrogens is 364 g/mol. The number of hydrogen-bond donors (Lipinski definition) is 0. The van der Waals surface area contributed by atoms with Crippen LogP contribution in [0.3, 0.4) is 0 Å². The van der Waals surface area contributed by atoms with E-state index in [2.05, 4.69) is 10.2 Å². The van der Waals surface area contributed by atoms with Crippen LogP contribution >= 0.6 is 0 Å². The third-order valence-electron chi connectivity index (χ3n) is 4.93. The summed E-state index contributed by atoms with van der Waals surface area (Å²) < 4.78 is 23.7. The molecule has 3 rings (SSSR count). The van der Waals surface area contributed by atoms with Gasteiger partial charge in [0.2, 0.25) is 0 Å². The number of aryl methyl sites for hydroxylation is 3. The Kier molecular flexibility index (Phi) is 5.37. The Morgan fingerprint density at radius 3 is 2.59 bits per heavy atom. The molecule has 0 spiro atoms. The van der Waals surface area contributed by atoms with Gasteiger partial charge in [0.05, 0.1) is 22.9 Å². The molecule has 1 aromatic heterocycles. The van der Waals surface area contributed by atoms with Crippen LogP contribution in [0, 0.1) is 20.8 Å². The van der Waals surface area contributed by atoms with E-state index < -0.39 is 9.84 Å². The maximum absolute atomic E-state index is 13.2. The highest BCUT2D eigenvalue weighted by atomic mass is 32.2. The molecule has 0 N–H and O–H groups in total. The number of rotatable bonds is 5. The van der Waals surface area contributed by atoms with Crippen molar-refractivity contribution in [3.05, 3.63) is 40.7 Å². The van der Waals surface area contributed by atoms with Gasteiger partial charge in [-0.1, -0.05) is 24.6 Å². The van der Waals surface area contributed by atoms with Crippen LogP contribution in [0.2, 0.25) is 0 Å². The van der Waals surface area contributed by atoms with Crippen molar-refractivity contribution in [3.8, 4) is 5.69 Å². The molecule has 0 radical (unpaired) electrons. The van der Waals surface area contributed by atoms with Crippen LogP contribution in [-0.2, 0) is 9.84 Å². The van der Waals surface area contributed by atoms with Crippen LogP contribution in [0.15, 0.2) is 18.2 Å². The second kappa shape index (κ2) is 7.42. The van der Waals surface area contributed by atoms with Gasteiger partial charge in [-0.2, -0.15) is 9.90 Å². The van der Waals surface area contributed by atoms with Crippen molar-refractivity contribution >= 4 is 15.7 Å². The lowest BCUT2D eigenvalue weighted by atomic mass is 10.1. The number of benzene rings is 1. The third-order valence-corrected chi connectivity index (χ3v) is 6.68. The predicted molar refractivity (Wildman–Crippen MR) is 104 cm³/mol. The van der Waals surface area contributed by atoms with Crippen molar-refractivity contribution in [2.24, 2.45) is 0 Å². The number of nitrogens with zero attached hydrogens (tertiary/aromatic N) is 4. The van der Waals surface area contributed by atoms with Crippen molar-refractivity contribution in [3.63, 3.8) is 0 Å². The van der Waals surface area contributed by atoms with E-state index in [1.807, 2.05) is 39.0 Å². The molecule has 1 aliphatic heterocycles. The summed E-state index contributed by atoms with van der Waals surface area (Å²) in [6.45, 7) is 8.24. The molecule has 27 heavy (non-hydrogen) atoms. The summed E-state index contributed by atoms with van der Waals surface area (Å²) in [6, 6.07) is 5.68. The summed E-state index contributed by atoms with van der Waals surface area (Å²) >= 11 is 0. The van der Waals surface area contributed by atoms with Gasteiger partial charge in [-0.25, -0.2) is 8.42 Å². The first kappa shape index (κ1) is 19.5. The fourth-order valence-corrected chi connectivity index (χ4v) is 5.29. The van der Waals surface area contributed by atoms with Crippen molar-refractivity contribution in [2.75, 3.05) is 18.1 Å². The molecule has 1 aromatic carbocycles. The topological polar surface area (TPSA) is 85.2 Å². The van der Waals surface area contributed by atoms with Crippen LogP contribution in [0.4, 0.5) is 0 Å². The first-order chi connectivity index (χ1) is 12.7. The molecule has 146 valence electrons. The molecule has 1 amide bonds. The fourth-order valence-electron chi connectivity index (χ4n) is 3.56. The van der Waals surface area contributed by atoms with Crippen LogP contribution in [0.5, 0.6) is 0 Å². The Morgan fingerprint density at radius 1 is 1.26 bits per heavy atom. The Balaban J connectivity index is 1.92. The van der Waals surface area contributed by atoms with E-state index in [9.17, 15) is 13.2 Å². The Morgan fingerprint density at radius 2 is 2.00 bits per heavy atom. The van der Waals surface area contributed by atoms with Gasteiger partial charge < -0.3 is 4.90 Å². The van der Waals surface area contributed by atoms with E-state index in [0.29, 0.717) is 18.7 Å². The number of sulfone groups is 1. The SMILES string of the molecule is CCCN(C(=O)c1nn(-c2ccc(C)cc2C)nc1C)[C@@H]1CCS(=O)(=O)C1. The Labute approximate surface area is 160 Å². The first-order valence-corrected chi connectivity index (χ1v) is 11.1. The van der Waals surface area contributed by atoms with E-state index in [0.717, 1.165) is 23.2 Å². The second-order valence-corrected chi connectivity index (χ2v) is 9.50. The molecule has 1 atom stereocenters. The van der Waals surface area contributed by atoms with E-state index in [1.165, 1.54) is 4.80 Å². The minimum absolute atomic E-state index is 0.0307. The smallest absolute Gasteiger partial charge is 0.276 e. The standard InChI is InChI=1S/C19H26N4O3S/c1-5-9-22(16-8-10-27(25,26)12-16)19(24)18-15(4)20-23(21-18)17-7-6-13(2)11-14(17)3/h6-7,11,16H,5,8-10,12H2,1-4H3/t16-/m1/s1. The third kappa shape index (κ3) is 4.05. The van der Waals surface area contributed by atoms with Gasteiger partial charge in [-0.15, -0.1) is 5.10 Å². The molecule has 1 saturated heterocycles. The normalized spacial score (nSPS) is 18.6. The quantitative estimate of drug-likeness (QED) is 0.782. The summed E-state index contributed by atoms with van der Waals surface area (Å²) in [4.78, 5) is 16.3. The molecule has 8 heteroatoms. The molecule has 2 heterocycles. The van der Waals surface area contributed by atoms with E-state index in [-0.39, 0.29) is 29.1 Å². The lowest BCUT2D eigenvalue weighted by Gasteiger charge is -2.27. The van der Waals surface area contributed by atoms with Crippen LogP contribution in [0.25, 0.3) is 5.69 Å². The van der Waals surface area contributed by atoms with E-state index >= 15 is 0 Å². The van der Waals surface area contributed by atoms with Gasteiger partial charge in [-0.05, 0) is 45.2 Å². The number of aromatic nitrogens is 3. The fraction of sp³-hybridized carbons (Fsp3) is 0.526. The minimum atomic E-state index is -3.07. The molecular formula is C19H26N4O3S. The molecule has 0 unspecified atom stereocenters. The maximum atomic E-state index is 13.2. The number of hydrogen-bond acceptors (Lipinski definition) is 5. The minimum Gasteiger partial charge on any atom is -0.333 e. The molecule has 0 saturated carbocycles. The first-order valence-electron chi connectivity index (χ1n) is 9.25. The number of carbonyl (C=O) groups is 1. The lowest BCUT2D eigenvalue weighted by molar-refractivity contribution is 0.0689. The highest BCUT2D eigenvalue weighted by Crippen LogP contribution is 2.21. The maximum Gasteiger partial charge on any atom is 0.276 e. The van der Waals surface area contributed by atoms with Gasteiger partial charge in [0.15, 0.2) is 15.5 Å². The van der Waals surface area contributed by atoms with Crippen molar-refractivity contribution in [2.45, 2.75) is 46.6 Å². The largest absolute Gasteiger partial charge is 0.333 e. The van der Waals surface area contributed by atoms with Crippen molar-refractivity contribution in [1.29, 1.82) is 0 Å². The summed E-state index contributed by atoms with van der Waals surface area (Å²) in [5.41, 5.74) is 3.83. The van der Waals surface area contributed by atoms with Gasteiger partial charge in [0.1, 0.15) is 0 Å². The van der Waals surface area contributed by atoms with Gasteiger partial charge in [0.25, 0.3) is 5.91 Å². The zero-order valence-electron chi connectivity index (χ0n) is 16.3. The highest BCUT2D eigenvalue weighted by molar-refractivity contribution is 7.91. The molecule has 1 aliphatic rings. The zero-order chi connectivity index (χ0) is 19.8. The molecule has 7 nitrogen and oxygen atoms in total. The summed E-state index contributed by atoms with van der Waals surface area (Å²) in [7, 11) is -3.07. The van der Waals surface area contributed by atoms with Crippen LogP contribution in [-0.4, -0.2) is 58.3 Å². The van der Waals surface area contributed by atoms with Crippen molar-refractivity contribution < 1.29 is 13.2 Å². The highest BCUT2D eigenvalue weighted by Gasteiger charge is 2.36. The average Bonchev–Trinajstić information content (AvgIpc) is 3.14. The van der Waals surface area contributed by atoms with E-state index in [1.54, 1.807) is 11.8 Å². The Hall–Kier alpha value is -2.22. The molecule has 1 fully saturated rings. The molecule has 2 aromatic rings. The Bertz CT molecular complexity index is 965. The molecule has 0 aliphatic carbocycles. The van der Waals surface area contributed by atoms with Gasteiger partial charge >= 0.3 is 0 Å². The van der Waals surface area contributed by atoms with Gasteiger partial charge in [0, 0.05) is 12.6 Å².